The standard InChI is InChI=1S/C15H22N2O4/c1-10-13(9-17(16-10)8-7-14(18)21-2)11-3-5-12(6-4-11)15(19)20/h9,11-12H,3-8H2,1-2H3,(H,19,20). The first-order valence-corrected chi connectivity index (χ1v) is 7.34. The maximum Gasteiger partial charge on any atom is 0.307 e. The van der Waals surface area contributed by atoms with Crippen LogP contribution in [0.25, 0.3) is 0 Å². The Kier molecular flexibility index (Phi) is 4.98. The Bertz CT molecular complexity index is 516. The number of hydrogen-bond donors (Lipinski definition) is 1. The molecule has 6 heteroatoms. The number of aromatic nitrogens is 2. The lowest BCUT2D eigenvalue weighted by Crippen LogP contribution is -2.20. The second-order valence-corrected chi connectivity index (χ2v) is 5.65. The highest BCUT2D eigenvalue weighted by atomic mass is 16.5. The van der Waals surface area contributed by atoms with Crippen molar-refractivity contribution in [2.75, 3.05) is 7.11 Å². The van der Waals surface area contributed by atoms with Crippen LogP contribution in [-0.4, -0.2) is 33.9 Å². The van der Waals surface area contributed by atoms with Crippen LogP contribution < -0.4 is 0 Å². The summed E-state index contributed by atoms with van der Waals surface area (Å²) in [6.45, 7) is 2.48. The van der Waals surface area contributed by atoms with Crippen molar-refractivity contribution < 1.29 is 19.4 Å². The van der Waals surface area contributed by atoms with Gasteiger partial charge >= 0.3 is 11.9 Å². The number of ether oxygens (including phenoxy) is 1. The maximum atomic E-state index is 11.2. The molecule has 1 aromatic heterocycles. The molecule has 1 aliphatic carbocycles. The molecule has 0 aliphatic heterocycles. The van der Waals surface area contributed by atoms with Gasteiger partial charge in [-0.05, 0) is 44.1 Å². The number of rotatable bonds is 5. The van der Waals surface area contributed by atoms with Gasteiger partial charge in [0.1, 0.15) is 0 Å². The van der Waals surface area contributed by atoms with Crippen LogP contribution in [0.3, 0.4) is 0 Å². The molecule has 2 rings (SSSR count). The minimum absolute atomic E-state index is 0.198. The Balaban J connectivity index is 1.96. The van der Waals surface area contributed by atoms with E-state index in [1.54, 1.807) is 4.68 Å². The highest BCUT2D eigenvalue weighted by Crippen LogP contribution is 2.36. The van der Waals surface area contributed by atoms with Crippen molar-refractivity contribution in [3.63, 3.8) is 0 Å². The number of hydrogen-bond acceptors (Lipinski definition) is 4. The summed E-state index contributed by atoms with van der Waals surface area (Å²) < 4.78 is 6.41. The van der Waals surface area contributed by atoms with Crippen LogP contribution in [0.1, 0.15) is 49.3 Å². The third-order valence-electron chi connectivity index (χ3n) is 4.27. The zero-order valence-electron chi connectivity index (χ0n) is 12.5. The monoisotopic (exact) mass is 294 g/mol. The number of aryl methyl sites for hydroxylation is 2. The fourth-order valence-electron chi connectivity index (χ4n) is 3.01. The third-order valence-corrected chi connectivity index (χ3v) is 4.27. The lowest BCUT2D eigenvalue weighted by atomic mass is 9.79. The molecule has 1 heterocycles. The number of carbonyl (C=O) groups is 2. The van der Waals surface area contributed by atoms with E-state index >= 15 is 0 Å². The van der Waals surface area contributed by atoms with Crippen molar-refractivity contribution >= 4 is 11.9 Å². The highest BCUT2D eigenvalue weighted by Gasteiger charge is 2.28. The fourth-order valence-corrected chi connectivity index (χ4v) is 3.01. The fraction of sp³-hybridized carbons (Fsp3) is 0.667. The van der Waals surface area contributed by atoms with Crippen molar-refractivity contribution in [3.8, 4) is 0 Å². The number of carbonyl (C=O) groups excluding carboxylic acids is 1. The van der Waals surface area contributed by atoms with Crippen LogP contribution in [0.2, 0.25) is 0 Å². The Hall–Kier alpha value is -1.85. The van der Waals surface area contributed by atoms with E-state index < -0.39 is 5.97 Å². The van der Waals surface area contributed by atoms with E-state index in [9.17, 15) is 9.59 Å². The smallest absolute Gasteiger partial charge is 0.307 e. The van der Waals surface area contributed by atoms with Crippen LogP contribution in [-0.2, 0) is 20.9 Å². The van der Waals surface area contributed by atoms with Crippen molar-refractivity contribution in [3.05, 3.63) is 17.5 Å². The molecule has 0 bridgehead atoms. The van der Waals surface area contributed by atoms with Gasteiger partial charge in [0.05, 0.1) is 31.7 Å². The predicted octanol–water partition coefficient (Wildman–Crippen LogP) is 2.11. The van der Waals surface area contributed by atoms with Gasteiger partial charge in [0.2, 0.25) is 0 Å². The van der Waals surface area contributed by atoms with Gasteiger partial charge in [-0.2, -0.15) is 5.10 Å². The molecule has 6 nitrogen and oxygen atoms in total. The molecule has 1 aromatic rings. The molecule has 21 heavy (non-hydrogen) atoms. The third kappa shape index (κ3) is 3.83. The summed E-state index contributed by atoms with van der Waals surface area (Å²) in [5.74, 6) is -0.742. The first kappa shape index (κ1) is 15.5. The molecule has 0 aromatic carbocycles. The second-order valence-electron chi connectivity index (χ2n) is 5.65. The van der Waals surface area contributed by atoms with Crippen molar-refractivity contribution in [2.45, 2.75) is 51.5 Å². The lowest BCUT2D eigenvalue weighted by molar-refractivity contribution is -0.143. The van der Waals surface area contributed by atoms with E-state index in [4.69, 9.17) is 5.11 Å². The van der Waals surface area contributed by atoms with Gasteiger partial charge in [-0.15, -0.1) is 0 Å². The molecule has 0 amide bonds. The predicted molar refractivity (Wildman–Crippen MR) is 75.9 cm³/mol. The van der Waals surface area contributed by atoms with Gasteiger partial charge in [0.15, 0.2) is 0 Å². The van der Waals surface area contributed by atoms with Crippen molar-refractivity contribution in [1.82, 2.24) is 9.78 Å². The minimum Gasteiger partial charge on any atom is -0.481 e. The van der Waals surface area contributed by atoms with Crippen LogP contribution in [0, 0.1) is 12.8 Å². The first-order chi connectivity index (χ1) is 10.0. The molecule has 0 spiro atoms. The number of aliphatic carboxylic acids is 1. The molecular formula is C15H22N2O4. The van der Waals surface area contributed by atoms with Crippen molar-refractivity contribution in [2.24, 2.45) is 5.92 Å². The molecule has 0 unspecified atom stereocenters. The largest absolute Gasteiger partial charge is 0.481 e. The van der Waals surface area contributed by atoms with Gasteiger partial charge in [-0.25, -0.2) is 0 Å². The van der Waals surface area contributed by atoms with Crippen LogP contribution in [0.5, 0.6) is 0 Å². The Morgan fingerprint density at radius 3 is 2.62 bits per heavy atom. The molecule has 0 atom stereocenters. The summed E-state index contributed by atoms with van der Waals surface area (Å²) in [7, 11) is 1.38. The number of carboxylic acid groups (broad SMARTS) is 1. The number of nitrogens with zero attached hydrogens (tertiary/aromatic N) is 2. The Labute approximate surface area is 124 Å². The SMILES string of the molecule is COC(=O)CCn1cc(C2CCC(C(=O)O)CC2)c(C)n1. The summed E-state index contributed by atoms with van der Waals surface area (Å²) in [4.78, 5) is 22.1. The number of carboxylic acids is 1. The summed E-state index contributed by atoms with van der Waals surface area (Å²) >= 11 is 0. The zero-order valence-corrected chi connectivity index (χ0v) is 12.5. The normalized spacial score (nSPS) is 22.0. The summed E-state index contributed by atoms with van der Waals surface area (Å²) in [5, 5.41) is 13.5. The summed E-state index contributed by atoms with van der Waals surface area (Å²) in [6, 6.07) is 0. The van der Waals surface area contributed by atoms with E-state index in [2.05, 4.69) is 9.84 Å². The summed E-state index contributed by atoms with van der Waals surface area (Å²) in [6.07, 6.45) is 5.54. The maximum absolute atomic E-state index is 11.2. The van der Waals surface area contributed by atoms with Gasteiger partial charge < -0.3 is 9.84 Å². The van der Waals surface area contributed by atoms with Crippen LogP contribution in [0.15, 0.2) is 6.20 Å². The van der Waals surface area contributed by atoms with E-state index in [0.717, 1.165) is 31.4 Å². The van der Waals surface area contributed by atoms with E-state index in [1.165, 1.54) is 12.7 Å². The van der Waals surface area contributed by atoms with E-state index in [-0.39, 0.29) is 11.9 Å². The molecule has 1 aliphatic rings. The van der Waals surface area contributed by atoms with Crippen LogP contribution >= 0.6 is 0 Å². The number of esters is 1. The second kappa shape index (κ2) is 6.74. The van der Waals surface area contributed by atoms with Gasteiger partial charge in [0, 0.05) is 6.20 Å². The topological polar surface area (TPSA) is 81.4 Å². The first-order valence-electron chi connectivity index (χ1n) is 7.34. The quantitative estimate of drug-likeness (QED) is 0.841. The van der Waals surface area contributed by atoms with Gasteiger partial charge in [0.25, 0.3) is 0 Å². The van der Waals surface area contributed by atoms with Crippen LogP contribution in [0.4, 0.5) is 0 Å². The highest BCUT2D eigenvalue weighted by molar-refractivity contribution is 5.70. The van der Waals surface area contributed by atoms with E-state index in [0.29, 0.717) is 18.9 Å². The molecule has 0 saturated heterocycles. The number of methoxy groups -OCH3 is 1. The summed E-state index contributed by atoms with van der Waals surface area (Å²) in [5.41, 5.74) is 2.15. The lowest BCUT2D eigenvalue weighted by Gasteiger charge is -2.25. The molecular weight excluding hydrogens is 272 g/mol. The molecule has 1 fully saturated rings. The minimum atomic E-state index is -0.682. The van der Waals surface area contributed by atoms with E-state index in [1.807, 2.05) is 13.1 Å². The average Bonchev–Trinajstić information content (AvgIpc) is 2.86. The van der Waals surface area contributed by atoms with Crippen molar-refractivity contribution in [1.29, 1.82) is 0 Å². The molecule has 116 valence electrons. The Morgan fingerprint density at radius 2 is 2.05 bits per heavy atom. The Morgan fingerprint density at radius 1 is 1.38 bits per heavy atom. The zero-order chi connectivity index (χ0) is 15.4. The molecule has 1 N–H and O–H groups in total. The average molecular weight is 294 g/mol. The van der Waals surface area contributed by atoms with Gasteiger partial charge in [-0.1, -0.05) is 0 Å². The molecule has 1 saturated carbocycles. The van der Waals surface area contributed by atoms with Gasteiger partial charge in [-0.3, -0.25) is 14.3 Å². The molecule has 0 radical (unpaired) electrons.